The zero-order valence-corrected chi connectivity index (χ0v) is 13.4. The Hall–Kier alpha value is -2.45. The summed E-state index contributed by atoms with van der Waals surface area (Å²) in [6, 6.07) is 7.53. The van der Waals surface area contributed by atoms with Crippen molar-refractivity contribution in [2.24, 2.45) is 0 Å². The standard InChI is InChI=1S/C14H11ClN2O5S/c1-8-9(15)3-2-4-10(8)16-12(18)7-22-14(19)11-5-6-13(23-11)17(20)21/h2-6H,7H2,1H3,(H,16,18). The number of ether oxygens (including phenoxy) is 1. The molecule has 0 aliphatic rings. The third-order valence-corrected chi connectivity index (χ3v) is 4.28. The molecule has 1 N–H and O–H groups in total. The number of nitrogens with zero attached hydrogens (tertiary/aromatic N) is 1. The van der Waals surface area contributed by atoms with E-state index in [4.69, 9.17) is 16.3 Å². The van der Waals surface area contributed by atoms with Gasteiger partial charge in [0.15, 0.2) is 6.61 Å². The number of nitro groups is 1. The Morgan fingerprint density at radius 3 is 2.74 bits per heavy atom. The Kier molecular flexibility index (Phi) is 5.30. The topological polar surface area (TPSA) is 98.5 Å². The van der Waals surface area contributed by atoms with Crippen molar-refractivity contribution in [3.05, 3.63) is 55.9 Å². The number of hydrogen-bond acceptors (Lipinski definition) is 6. The maximum Gasteiger partial charge on any atom is 0.349 e. The van der Waals surface area contributed by atoms with Crippen LogP contribution >= 0.6 is 22.9 Å². The lowest BCUT2D eigenvalue weighted by Gasteiger charge is -2.09. The molecule has 0 radical (unpaired) electrons. The summed E-state index contributed by atoms with van der Waals surface area (Å²) in [6.45, 7) is 1.24. The van der Waals surface area contributed by atoms with Crippen LogP contribution in [0.15, 0.2) is 30.3 Å². The van der Waals surface area contributed by atoms with E-state index in [9.17, 15) is 19.7 Å². The van der Waals surface area contributed by atoms with E-state index in [1.165, 1.54) is 12.1 Å². The molecule has 2 aromatic rings. The number of carbonyl (C=O) groups is 2. The third-order valence-electron chi connectivity index (χ3n) is 2.85. The number of benzene rings is 1. The van der Waals surface area contributed by atoms with Crippen LogP contribution in [0.5, 0.6) is 0 Å². The third kappa shape index (κ3) is 4.27. The first kappa shape index (κ1) is 16.9. The fourth-order valence-corrected chi connectivity index (χ4v) is 2.56. The zero-order valence-electron chi connectivity index (χ0n) is 11.9. The Morgan fingerprint density at radius 2 is 2.09 bits per heavy atom. The Balaban J connectivity index is 1.92. The van der Waals surface area contributed by atoms with Crippen LogP contribution in [0.1, 0.15) is 15.2 Å². The van der Waals surface area contributed by atoms with Gasteiger partial charge in [-0.1, -0.05) is 29.0 Å². The minimum atomic E-state index is -0.791. The van der Waals surface area contributed by atoms with E-state index < -0.39 is 23.4 Å². The zero-order chi connectivity index (χ0) is 17.0. The van der Waals surface area contributed by atoms with Crippen LogP contribution in [-0.4, -0.2) is 23.4 Å². The SMILES string of the molecule is Cc1c(Cl)cccc1NC(=O)COC(=O)c1ccc([N+](=O)[O-])s1. The van der Waals surface area contributed by atoms with Crippen LogP contribution in [0, 0.1) is 17.0 Å². The number of anilines is 1. The van der Waals surface area contributed by atoms with Crippen LogP contribution < -0.4 is 5.32 Å². The lowest BCUT2D eigenvalue weighted by Crippen LogP contribution is -2.21. The van der Waals surface area contributed by atoms with Crippen LogP contribution in [-0.2, 0) is 9.53 Å². The molecule has 2 rings (SSSR count). The van der Waals surface area contributed by atoms with Crippen molar-refractivity contribution >= 4 is 45.5 Å². The summed E-state index contributed by atoms with van der Waals surface area (Å²) < 4.78 is 4.83. The molecule has 0 atom stereocenters. The maximum absolute atomic E-state index is 11.8. The molecule has 23 heavy (non-hydrogen) atoms. The fraction of sp³-hybridized carbons (Fsp3) is 0.143. The predicted octanol–water partition coefficient (Wildman–Crippen LogP) is 3.41. The Bertz CT molecular complexity index is 774. The molecule has 0 bridgehead atoms. The van der Waals surface area contributed by atoms with Gasteiger partial charge < -0.3 is 10.1 Å². The Morgan fingerprint density at radius 1 is 1.35 bits per heavy atom. The van der Waals surface area contributed by atoms with Gasteiger partial charge in [0.1, 0.15) is 4.88 Å². The molecule has 0 aliphatic heterocycles. The van der Waals surface area contributed by atoms with Crippen molar-refractivity contribution in [1.82, 2.24) is 0 Å². The van der Waals surface area contributed by atoms with Crippen molar-refractivity contribution in [2.75, 3.05) is 11.9 Å². The molecule has 0 fully saturated rings. The number of carbonyl (C=O) groups excluding carboxylic acids is 2. The van der Waals surface area contributed by atoms with Crippen LogP contribution in [0.25, 0.3) is 0 Å². The van der Waals surface area contributed by atoms with Crippen molar-refractivity contribution in [3.63, 3.8) is 0 Å². The first-order valence-electron chi connectivity index (χ1n) is 6.35. The molecular weight excluding hydrogens is 344 g/mol. The average Bonchev–Trinajstić information content (AvgIpc) is 3.00. The minimum absolute atomic E-state index is 0.0587. The molecule has 1 heterocycles. The van der Waals surface area contributed by atoms with Gasteiger partial charge in [-0.2, -0.15) is 0 Å². The van der Waals surface area contributed by atoms with E-state index in [0.717, 1.165) is 0 Å². The molecule has 120 valence electrons. The second-order valence-electron chi connectivity index (χ2n) is 4.43. The lowest BCUT2D eigenvalue weighted by molar-refractivity contribution is -0.380. The summed E-state index contributed by atoms with van der Waals surface area (Å²) in [5, 5.41) is 13.5. The summed E-state index contributed by atoms with van der Waals surface area (Å²) >= 11 is 6.63. The molecule has 1 aromatic carbocycles. The average molecular weight is 355 g/mol. The highest BCUT2D eigenvalue weighted by molar-refractivity contribution is 7.17. The van der Waals surface area contributed by atoms with E-state index in [-0.39, 0.29) is 9.88 Å². The number of thiophene rings is 1. The molecule has 1 aromatic heterocycles. The van der Waals surface area contributed by atoms with Crippen molar-refractivity contribution in [1.29, 1.82) is 0 Å². The van der Waals surface area contributed by atoms with Gasteiger partial charge in [-0.3, -0.25) is 14.9 Å². The highest BCUT2D eigenvalue weighted by atomic mass is 35.5. The number of halogens is 1. The highest BCUT2D eigenvalue weighted by Crippen LogP contribution is 2.25. The molecule has 7 nitrogen and oxygen atoms in total. The number of hydrogen-bond donors (Lipinski definition) is 1. The minimum Gasteiger partial charge on any atom is -0.451 e. The van der Waals surface area contributed by atoms with Crippen LogP contribution in [0.2, 0.25) is 5.02 Å². The van der Waals surface area contributed by atoms with Gasteiger partial charge in [0.25, 0.3) is 5.91 Å². The second-order valence-corrected chi connectivity index (χ2v) is 5.90. The molecule has 9 heteroatoms. The summed E-state index contributed by atoms with van der Waals surface area (Å²) in [6.07, 6.45) is 0. The van der Waals surface area contributed by atoms with Gasteiger partial charge in [0, 0.05) is 16.8 Å². The van der Waals surface area contributed by atoms with E-state index in [1.54, 1.807) is 25.1 Å². The molecule has 0 unspecified atom stereocenters. The molecule has 0 saturated heterocycles. The van der Waals surface area contributed by atoms with Gasteiger partial charge in [-0.15, -0.1) is 0 Å². The van der Waals surface area contributed by atoms with Gasteiger partial charge in [0.2, 0.25) is 0 Å². The molecule has 0 aliphatic carbocycles. The summed E-state index contributed by atoms with van der Waals surface area (Å²) in [7, 11) is 0. The summed E-state index contributed by atoms with van der Waals surface area (Å²) in [4.78, 5) is 33.5. The second kappa shape index (κ2) is 7.21. The quantitative estimate of drug-likeness (QED) is 0.504. The normalized spacial score (nSPS) is 10.2. The van der Waals surface area contributed by atoms with Gasteiger partial charge in [0.05, 0.1) is 4.92 Å². The number of rotatable bonds is 5. The number of nitrogens with one attached hydrogen (secondary N) is 1. The van der Waals surface area contributed by atoms with Crippen molar-refractivity contribution < 1.29 is 19.2 Å². The number of amides is 1. The summed E-state index contributed by atoms with van der Waals surface area (Å²) in [5.41, 5.74) is 1.22. The van der Waals surface area contributed by atoms with E-state index in [0.29, 0.717) is 27.6 Å². The first-order valence-corrected chi connectivity index (χ1v) is 7.54. The van der Waals surface area contributed by atoms with E-state index in [2.05, 4.69) is 5.32 Å². The largest absolute Gasteiger partial charge is 0.451 e. The molecule has 0 spiro atoms. The monoisotopic (exact) mass is 354 g/mol. The van der Waals surface area contributed by atoms with Gasteiger partial charge >= 0.3 is 11.0 Å². The predicted molar refractivity (Wildman–Crippen MR) is 86.1 cm³/mol. The van der Waals surface area contributed by atoms with Gasteiger partial charge in [-0.25, -0.2) is 4.79 Å². The van der Waals surface area contributed by atoms with Crippen LogP contribution in [0.3, 0.4) is 0 Å². The molecule has 1 amide bonds. The van der Waals surface area contributed by atoms with Gasteiger partial charge in [-0.05, 0) is 30.7 Å². The fourth-order valence-electron chi connectivity index (χ4n) is 1.67. The molecule has 0 saturated carbocycles. The van der Waals surface area contributed by atoms with E-state index in [1.807, 2.05) is 0 Å². The van der Waals surface area contributed by atoms with Crippen molar-refractivity contribution in [2.45, 2.75) is 6.92 Å². The maximum atomic E-state index is 11.8. The van der Waals surface area contributed by atoms with E-state index >= 15 is 0 Å². The molecular formula is C14H11ClN2O5S. The van der Waals surface area contributed by atoms with Crippen LogP contribution in [0.4, 0.5) is 10.7 Å². The lowest BCUT2D eigenvalue weighted by atomic mass is 10.2. The number of esters is 1. The first-order chi connectivity index (χ1) is 10.9. The highest BCUT2D eigenvalue weighted by Gasteiger charge is 2.17. The summed E-state index contributed by atoms with van der Waals surface area (Å²) in [5.74, 6) is -1.32. The van der Waals surface area contributed by atoms with Crippen molar-refractivity contribution in [3.8, 4) is 0 Å². The Labute approximate surface area is 140 Å². The smallest absolute Gasteiger partial charge is 0.349 e.